The number of alkyl halides is 3. The van der Waals surface area contributed by atoms with Gasteiger partial charge in [-0.3, -0.25) is 0 Å². The molecule has 0 saturated heterocycles. The summed E-state index contributed by atoms with van der Waals surface area (Å²) in [7, 11) is 0. The van der Waals surface area contributed by atoms with E-state index in [1.807, 2.05) is 0 Å². The van der Waals surface area contributed by atoms with E-state index in [-0.39, 0.29) is 6.42 Å². The summed E-state index contributed by atoms with van der Waals surface area (Å²) in [6, 6.07) is 4.84. The van der Waals surface area contributed by atoms with E-state index >= 15 is 0 Å². The topological polar surface area (TPSA) is 38.7 Å². The van der Waals surface area contributed by atoms with Crippen molar-refractivity contribution in [3.63, 3.8) is 0 Å². The Hall–Kier alpha value is -1.43. The minimum absolute atomic E-state index is 0.329. The second-order valence-corrected chi connectivity index (χ2v) is 4.04. The van der Waals surface area contributed by atoms with Gasteiger partial charge in [0.1, 0.15) is 13.2 Å². The molecule has 0 aromatic heterocycles. The van der Waals surface area contributed by atoms with Gasteiger partial charge in [0.05, 0.1) is 6.10 Å². The number of hydrogen-bond acceptors (Lipinski definition) is 3. The second kappa shape index (κ2) is 5.06. The lowest BCUT2D eigenvalue weighted by atomic mass is 10.0. The highest BCUT2D eigenvalue weighted by molar-refractivity contribution is 5.48. The molecule has 0 aliphatic carbocycles. The minimum Gasteiger partial charge on any atom is -0.486 e. The van der Waals surface area contributed by atoms with E-state index in [1.165, 1.54) is 0 Å². The molecule has 1 heterocycles. The number of benzene rings is 1. The van der Waals surface area contributed by atoms with Crippen LogP contribution in [-0.4, -0.2) is 24.5 Å². The van der Waals surface area contributed by atoms with Crippen molar-refractivity contribution in [3.8, 4) is 11.5 Å². The number of aliphatic hydroxyl groups is 1. The fourth-order valence-corrected chi connectivity index (χ4v) is 1.81. The monoisotopic (exact) mass is 262 g/mol. The van der Waals surface area contributed by atoms with Gasteiger partial charge in [0.2, 0.25) is 0 Å². The van der Waals surface area contributed by atoms with Crippen LogP contribution in [0.5, 0.6) is 11.5 Å². The number of para-hydroxylation sites is 1. The zero-order valence-corrected chi connectivity index (χ0v) is 9.54. The Morgan fingerprint density at radius 2 is 1.94 bits per heavy atom. The van der Waals surface area contributed by atoms with Gasteiger partial charge in [0, 0.05) is 12.0 Å². The third-order valence-electron chi connectivity index (χ3n) is 2.66. The van der Waals surface area contributed by atoms with E-state index in [4.69, 9.17) is 9.47 Å². The molecule has 2 rings (SSSR count). The predicted molar refractivity (Wildman–Crippen MR) is 57.7 cm³/mol. The summed E-state index contributed by atoms with van der Waals surface area (Å²) in [6.45, 7) is 0.727. The molecule has 1 atom stereocenters. The second-order valence-electron chi connectivity index (χ2n) is 4.04. The van der Waals surface area contributed by atoms with Crippen molar-refractivity contribution in [2.75, 3.05) is 13.2 Å². The van der Waals surface area contributed by atoms with Crippen LogP contribution in [0.1, 0.15) is 24.5 Å². The van der Waals surface area contributed by atoms with E-state index in [0.717, 1.165) is 0 Å². The molecule has 6 heteroatoms. The molecule has 3 nitrogen and oxygen atoms in total. The average Bonchev–Trinajstić information content (AvgIpc) is 2.34. The highest BCUT2D eigenvalue weighted by Gasteiger charge is 2.29. The van der Waals surface area contributed by atoms with E-state index in [0.29, 0.717) is 30.3 Å². The minimum atomic E-state index is -4.27. The molecule has 0 bridgehead atoms. The Kier molecular flexibility index (Phi) is 3.65. The largest absolute Gasteiger partial charge is 0.486 e. The first-order valence-corrected chi connectivity index (χ1v) is 5.61. The van der Waals surface area contributed by atoms with E-state index in [2.05, 4.69) is 0 Å². The molecule has 0 fully saturated rings. The van der Waals surface area contributed by atoms with Crippen LogP contribution in [0.25, 0.3) is 0 Å². The Morgan fingerprint density at radius 1 is 1.22 bits per heavy atom. The van der Waals surface area contributed by atoms with Gasteiger partial charge in [-0.1, -0.05) is 12.1 Å². The standard InChI is InChI=1S/C12H13F3O3/c13-12(14,15)5-4-9(16)8-2-1-3-10-11(8)18-7-6-17-10/h1-3,9,16H,4-7H2. The Morgan fingerprint density at radius 3 is 2.67 bits per heavy atom. The van der Waals surface area contributed by atoms with E-state index in [9.17, 15) is 18.3 Å². The van der Waals surface area contributed by atoms with Crippen LogP contribution in [-0.2, 0) is 0 Å². The van der Waals surface area contributed by atoms with Crippen molar-refractivity contribution in [3.05, 3.63) is 23.8 Å². The van der Waals surface area contributed by atoms with Gasteiger partial charge in [-0.25, -0.2) is 0 Å². The highest BCUT2D eigenvalue weighted by atomic mass is 19.4. The SMILES string of the molecule is OC(CCC(F)(F)F)c1cccc2c1OCCO2. The lowest BCUT2D eigenvalue weighted by molar-refractivity contribution is -0.140. The fourth-order valence-electron chi connectivity index (χ4n) is 1.81. The van der Waals surface area contributed by atoms with Gasteiger partial charge in [-0.2, -0.15) is 13.2 Å². The maximum atomic E-state index is 12.1. The maximum absolute atomic E-state index is 12.1. The molecule has 1 aromatic rings. The molecule has 0 amide bonds. The first-order chi connectivity index (χ1) is 8.47. The van der Waals surface area contributed by atoms with Crippen LogP contribution in [0.3, 0.4) is 0 Å². The number of rotatable bonds is 3. The highest BCUT2D eigenvalue weighted by Crippen LogP contribution is 2.39. The maximum Gasteiger partial charge on any atom is 0.389 e. The number of fused-ring (bicyclic) bond motifs is 1. The summed E-state index contributed by atoms with van der Waals surface area (Å²) in [5.41, 5.74) is 0.344. The molecular weight excluding hydrogens is 249 g/mol. The van der Waals surface area contributed by atoms with Gasteiger partial charge in [-0.05, 0) is 12.5 Å². The number of halogens is 3. The number of aliphatic hydroxyl groups excluding tert-OH is 1. The summed E-state index contributed by atoms with van der Waals surface area (Å²) < 4.78 is 47.0. The van der Waals surface area contributed by atoms with Gasteiger partial charge < -0.3 is 14.6 Å². The molecule has 0 saturated carbocycles. The van der Waals surface area contributed by atoms with Crippen molar-refractivity contribution in [2.24, 2.45) is 0 Å². The van der Waals surface area contributed by atoms with Crippen LogP contribution >= 0.6 is 0 Å². The summed E-state index contributed by atoms with van der Waals surface area (Å²) in [6.07, 6.45) is -6.89. The Labute approximate surface area is 102 Å². The van der Waals surface area contributed by atoms with Crippen molar-refractivity contribution >= 4 is 0 Å². The van der Waals surface area contributed by atoms with Gasteiger partial charge in [-0.15, -0.1) is 0 Å². The van der Waals surface area contributed by atoms with Crippen molar-refractivity contribution in [1.82, 2.24) is 0 Å². The first-order valence-electron chi connectivity index (χ1n) is 5.61. The molecule has 1 N–H and O–H groups in total. The van der Waals surface area contributed by atoms with Crippen LogP contribution in [0.15, 0.2) is 18.2 Å². The molecule has 1 unspecified atom stereocenters. The first kappa shape index (κ1) is 13.0. The van der Waals surface area contributed by atoms with Crippen molar-refractivity contribution in [2.45, 2.75) is 25.1 Å². The van der Waals surface area contributed by atoms with Gasteiger partial charge in [0.15, 0.2) is 11.5 Å². The Bertz CT molecular complexity index is 418. The van der Waals surface area contributed by atoms with Crippen LogP contribution in [0, 0.1) is 0 Å². The normalized spacial score (nSPS) is 16.4. The average molecular weight is 262 g/mol. The van der Waals surface area contributed by atoms with Crippen molar-refractivity contribution in [1.29, 1.82) is 0 Å². The molecule has 1 aliphatic rings. The summed E-state index contributed by atoms with van der Waals surface area (Å²) in [5, 5.41) is 9.80. The fraction of sp³-hybridized carbons (Fsp3) is 0.500. The molecule has 0 spiro atoms. The quantitative estimate of drug-likeness (QED) is 0.910. The molecular formula is C12H13F3O3. The Balaban J connectivity index is 2.12. The lowest BCUT2D eigenvalue weighted by Crippen LogP contribution is -2.18. The van der Waals surface area contributed by atoms with Crippen LogP contribution in [0.2, 0.25) is 0 Å². The van der Waals surface area contributed by atoms with E-state index < -0.39 is 18.7 Å². The van der Waals surface area contributed by atoms with Crippen molar-refractivity contribution < 1.29 is 27.8 Å². The number of hydrogen-bond donors (Lipinski definition) is 1. The van der Waals surface area contributed by atoms with Crippen LogP contribution < -0.4 is 9.47 Å². The predicted octanol–water partition coefficient (Wildman–Crippen LogP) is 2.83. The smallest absolute Gasteiger partial charge is 0.389 e. The third kappa shape index (κ3) is 3.07. The summed E-state index contributed by atoms with van der Waals surface area (Å²) in [5.74, 6) is 0.809. The molecule has 1 aromatic carbocycles. The van der Waals surface area contributed by atoms with Gasteiger partial charge in [0.25, 0.3) is 0 Å². The molecule has 100 valence electrons. The molecule has 18 heavy (non-hydrogen) atoms. The molecule has 1 aliphatic heterocycles. The summed E-state index contributed by atoms with van der Waals surface area (Å²) in [4.78, 5) is 0. The zero-order chi connectivity index (χ0) is 13.2. The molecule has 0 radical (unpaired) electrons. The zero-order valence-electron chi connectivity index (χ0n) is 9.54. The van der Waals surface area contributed by atoms with Crippen LogP contribution in [0.4, 0.5) is 13.2 Å². The van der Waals surface area contributed by atoms with E-state index in [1.54, 1.807) is 18.2 Å². The van der Waals surface area contributed by atoms with Gasteiger partial charge >= 0.3 is 6.18 Å². The summed E-state index contributed by atoms with van der Waals surface area (Å²) >= 11 is 0. The lowest BCUT2D eigenvalue weighted by Gasteiger charge is -2.23. The number of ether oxygens (including phenoxy) is 2. The third-order valence-corrected chi connectivity index (χ3v) is 2.66.